The quantitative estimate of drug-likeness (QED) is 0.917. The van der Waals surface area contributed by atoms with Gasteiger partial charge in [-0.15, -0.1) is 0 Å². The molecular formula is C19H22FN3O. The summed E-state index contributed by atoms with van der Waals surface area (Å²) in [6, 6.07) is 16.2. The highest BCUT2D eigenvalue weighted by atomic mass is 19.1. The number of rotatable bonds is 5. The topological polar surface area (TPSA) is 35.6 Å². The van der Waals surface area contributed by atoms with E-state index in [1.807, 2.05) is 36.4 Å². The minimum absolute atomic E-state index is 0.0137. The van der Waals surface area contributed by atoms with Crippen LogP contribution >= 0.6 is 0 Å². The van der Waals surface area contributed by atoms with Gasteiger partial charge in [0, 0.05) is 38.4 Å². The van der Waals surface area contributed by atoms with Crippen LogP contribution in [-0.4, -0.2) is 48.4 Å². The molecule has 2 aromatic carbocycles. The first-order chi connectivity index (χ1) is 11.7. The Bertz CT molecular complexity index is 669. The minimum Gasteiger partial charge on any atom is -0.325 e. The van der Waals surface area contributed by atoms with Crippen molar-refractivity contribution >= 4 is 11.6 Å². The summed E-state index contributed by atoms with van der Waals surface area (Å²) in [6.07, 6.45) is 0. The first kappa shape index (κ1) is 16.6. The molecule has 1 aliphatic heterocycles. The van der Waals surface area contributed by atoms with Crippen molar-refractivity contribution in [2.75, 3.05) is 38.0 Å². The largest absolute Gasteiger partial charge is 0.325 e. The van der Waals surface area contributed by atoms with Gasteiger partial charge in [0.15, 0.2) is 0 Å². The standard InChI is InChI=1S/C19H22FN3O/c20-17-6-4-5-16(13-17)14-22-9-11-23(12-10-22)15-19(24)21-18-7-2-1-3-8-18/h1-8,13H,9-12,14-15H2,(H,21,24). The molecule has 0 aliphatic carbocycles. The molecule has 3 rings (SSSR count). The number of carbonyl (C=O) groups excluding carboxylic acids is 1. The van der Waals surface area contributed by atoms with Crippen molar-refractivity contribution in [3.63, 3.8) is 0 Å². The van der Waals surface area contributed by atoms with Crippen molar-refractivity contribution in [3.05, 3.63) is 66.0 Å². The molecule has 1 saturated heterocycles. The molecule has 0 spiro atoms. The van der Waals surface area contributed by atoms with Crippen molar-refractivity contribution in [3.8, 4) is 0 Å². The summed E-state index contributed by atoms with van der Waals surface area (Å²) in [5.74, 6) is -0.177. The Labute approximate surface area is 141 Å². The van der Waals surface area contributed by atoms with Gasteiger partial charge in [-0.05, 0) is 29.8 Å². The molecule has 2 aromatic rings. The van der Waals surface area contributed by atoms with Crippen LogP contribution in [0.15, 0.2) is 54.6 Å². The molecule has 1 heterocycles. The molecule has 1 amide bonds. The molecule has 1 N–H and O–H groups in total. The summed E-state index contributed by atoms with van der Waals surface area (Å²) in [5.41, 5.74) is 1.82. The van der Waals surface area contributed by atoms with Crippen LogP contribution in [0.25, 0.3) is 0 Å². The van der Waals surface area contributed by atoms with Crippen LogP contribution in [0.2, 0.25) is 0 Å². The number of amides is 1. The fourth-order valence-corrected chi connectivity index (χ4v) is 2.92. The average Bonchev–Trinajstić information content (AvgIpc) is 2.57. The number of hydrogen-bond donors (Lipinski definition) is 1. The van der Waals surface area contributed by atoms with Gasteiger partial charge in [-0.25, -0.2) is 4.39 Å². The van der Waals surface area contributed by atoms with Crippen LogP contribution in [0.4, 0.5) is 10.1 Å². The zero-order valence-electron chi connectivity index (χ0n) is 13.6. The third kappa shape index (κ3) is 4.88. The van der Waals surface area contributed by atoms with Gasteiger partial charge in [-0.3, -0.25) is 14.6 Å². The summed E-state index contributed by atoms with van der Waals surface area (Å²) in [6.45, 7) is 4.61. The highest BCUT2D eigenvalue weighted by Gasteiger charge is 2.19. The van der Waals surface area contributed by atoms with E-state index in [1.165, 1.54) is 6.07 Å². The van der Waals surface area contributed by atoms with Crippen LogP contribution in [0.3, 0.4) is 0 Å². The molecule has 0 saturated carbocycles. The lowest BCUT2D eigenvalue weighted by Crippen LogP contribution is -2.48. The third-order valence-electron chi connectivity index (χ3n) is 4.18. The Morgan fingerprint density at radius 3 is 2.38 bits per heavy atom. The molecule has 4 nitrogen and oxygen atoms in total. The molecule has 1 aliphatic rings. The van der Waals surface area contributed by atoms with E-state index in [0.717, 1.165) is 44.0 Å². The molecule has 0 atom stereocenters. The molecule has 126 valence electrons. The summed E-state index contributed by atoms with van der Waals surface area (Å²) < 4.78 is 13.2. The smallest absolute Gasteiger partial charge is 0.238 e. The Hall–Kier alpha value is -2.24. The summed E-state index contributed by atoms with van der Waals surface area (Å²) in [4.78, 5) is 16.5. The predicted molar refractivity (Wildman–Crippen MR) is 93.2 cm³/mol. The van der Waals surface area contributed by atoms with Crippen molar-refractivity contribution in [1.29, 1.82) is 0 Å². The molecular weight excluding hydrogens is 305 g/mol. The van der Waals surface area contributed by atoms with Crippen molar-refractivity contribution < 1.29 is 9.18 Å². The van der Waals surface area contributed by atoms with Crippen molar-refractivity contribution in [2.45, 2.75) is 6.54 Å². The normalized spacial score (nSPS) is 16.0. The number of nitrogens with one attached hydrogen (secondary N) is 1. The first-order valence-corrected chi connectivity index (χ1v) is 8.23. The lowest BCUT2D eigenvalue weighted by molar-refractivity contribution is -0.117. The maximum Gasteiger partial charge on any atom is 0.238 e. The number of anilines is 1. The minimum atomic E-state index is -0.191. The lowest BCUT2D eigenvalue weighted by Gasteiger charge is -2.34. The SMILES string of the molecule is O=C(CN1CCN(Cc2cccc(F)c2)CC1)Nc1ccccc1. The zero-order chi connectivity index (χ0) is 16.8. The molecule has 1 fully saturated rings. The van der Waals surface area contributed by atoms with Crippen LogP contribution in [0, 0.1) is 5.82 Å². The Morgan fingerprint density at radius 1 is 0.958 bits per heavy atom. The second kappa shape index (κ2) is 8.04. The van der Waals surface area contributed by atoms with Crippen LogP contribution in [-0.2, 0) is 11.3 Å². The summed E-state index contributed by atoms with van der Waals surface area (Å²) in [7, 11) is 0. The number of nitrogens with zero attached hydrogens (tertiary/aromatic N) is 2. The van der Waals surface area contributed by atoms with Crippen LogP contribution in [0.1, 0.15) is 5.56 Å². The van der Waals surface area contributed by atoms with Crippen LogP contribution < -0.4 is 5.32 Å². The van der Waals surface area contributed by atoms with Gasteiger partial charge < -0.3 is 5.32 Å². The second-order valence-electron chi connectivity index (χ2n) is 6.10. The number of benzene rings is 2. The van der Waals surface area contributed by atoms with Gasteiger partial charge in [0.05, 0.1) is 6.54 Å². The Morgan fingerprint density at radius 2 is 1.67 bits per heavy atom. The number of piperazine rings is 1. The van der Waals surface area contributed by atoms with Gasteiger partial charge in [0.25, 0.3) is 0 Å². The van der Waals surface area contributed by atoms with Gasteiger partial charge in [0.2, 0.25) is 5.91 Å². The average molecular weight is 327 g/mol. The molecule has 24 heavy (non-hydrogen) atoms. The molecule has 5 heteroatoms. The van der Waals surface area contributed by atoms with Crippen LogP contribution in [0.5, 0.6) is 0 Å². The predicted octanol–water partition coefficient (Wildman–Crippen LogP) is 2.58. The number of carbonyl (C=O) groups is 1. The van der Waals surface area contributed by atoms with E-state index >= 15 is 0 Å². The fraction of sp³-hybridized carbons (Fsp3) is 0.316. The molecule has 0 aromatic heterocycles. The third-order valence-corrected chi connectivity index (χ3v) is 4.18. The fourth-order valence-electron chi connectivity index (χ4n) is 2.92. The van der Waals surface area contributed by atoms with E-state index in [0.29, 0.717) is 6.54 Å². The first-order valence-electron chi connectivity index (χ1n) is 8.23. The molecule has 0 unspecified atom stereocenters. The second-order valence-corrected chi connectivity index (χ2v) is 6.10. The van der Waals surface area contributed by atoms with E-state index in [-0.39, 0.29) is 11.7 Å². The highest BCUT2D eigenvalue weighted by molar-refractivity contribution is 5.92. The van der Waals surface area contributed by atoms with Gasteiger partial charge in [0.1, 0.15) is 5.82 Å². The summed E-state index contributed by atoms with van der Waals surface area (Å²) >= 11 is 0. The highest BCUT2D eigenvalue weighted by Crippen LogP contribution is 2.10. The molecule has 0 radical (unpaired) electrons. The van der Waals surface area contributed by atoms with E-state index in [9.17, 15) is 9.18 Å². The van der Waals surface area contributed by atoms with Crippen molar-refractivity contribution in [1.82, 2.24) is 9.80 Å². The maximum atomic E-state index is 13.2. The number of hydrogen-bond acceptors (Lipinski definition) is 3. The van der Waals surface area contributed by atoms with E-state index in [1.54, 1.807) is 12.1 Å². The van der Waals surface area contributed by atoms with Gasteiger partial charge >= 0.3 is 0 Å². The van der Waals surface area contributed by atoms with E-state index in [4.69, 9.17) is 0 Å². The van der Waals surface area contributed by atoms with Gasteiger partial charge in [-0.1, -0.05) is 30.3 Å². The Kier molecular flexibility index (Phi) is 5.56. The number of halogens is 1. The Balaban J connectivity index is 1.42. The molecule has 0 bridgehead atoms. The lowest BCUT2D eigenvalue weighted by atomic mass is 10.2. The number of para-hydroxylation sites is 1. The van der Waals surface area contributed by atoms with Gasteiger partial charge in [-0.2, -0.15) is 0 Å². The van der Waals surface area contributed by atoms with E-state index in [2.05, 4.69) is 15.1 Å². The van der Waals surface area contributed by atoms with E-state index < -0.39 is 0 Å². The van der Waals surface area contributed by atoms with Crippen molar-refractivity contribution in [2.24, 2.45) is 0 Å². The monoisotopic (exact) mass is 327 g/mol. The zero-order valence-corrected chi connectivity index (χ0v) is 13.6. The maximum absolute atomic E-state index is 13.2. The summed E-state index contributed by atoms with van der Waals surface area (Å²) in [5, 5.41) is 2.91.